The molecule has 1 rings (SSSR count). The van der Waals surface area contributed by atoms with E-state index in [0.29, 0.717) is 0 Å². The predicted molar refractivity (Wildman–Crippen MR) is 66.9 cm³/mol. The third kappa shape index (κ3) is 4.61. The summed E-state index contributed by atoms with van der Waals surface area (Å²) < 4.78 is 0. The fraction of sp³-hybridized carbons (Fsp3) is 1.00. The zero-order chi connectivity index (χ0) is 9.57. The lowest BCUT2D eigenvalue weighted by Crippen LogP contribution is -2.06. The van der Waals surface area contributed by atoms with Gasteiger partial charge in [-0.25, -0.2) is 0 Å². The molecule has 0 spiro atoms. The molecule has 0 aromatic heterocycles. The molecule has 0 nitrogen and oxygen atoms in total. The maximum atomic E-state index is 5.81. The van der Waals surface area contributed by atoms with E-state index in [-0.39, 0.29) is 0 Å². The first-order valence-electron chi connectivity index (χ1n) is 5.84. The zero-order valence-electron chi connectivity index (χ0n) is 8.93. The average Bonchev–Trinajstić information content (AvgIpc) is 2.14. The van der Waals surface area contributed by atoms with E-state index in [2.05, 4.69) is 6.92 Å². The molecule has 0 aromatic rings. The van der Waals surface area contributed by atoms with Crippen LogP contribution in [0.2, 0.25) is 0 Å². The highest BCUT2D eigenvalue weighted by molar-refractivity contribution is 8.14. The molecule has 2 heteroatoms. The van der Waals surface area contributed by atoms with Crippen LogP contribution >= 0.6 is 6.04 Å². The fourth-order valence-electron chi connectivity index (χ4n) is 2.14. The zero-order valence-corrected chi connectivity index (χ0v) is 10.6. The molecule has 0 amide bonds. The molecule has 1 heterocycles. The van der Waals surface area contributed by atoms with E-state index in [1.54, 1.807) is 0 Å². The van der Waals surface area contributed by atoms with Gasteiger partial charge < -0.3 is 0 Å². The van der Waals surface area contributed by atoms with Crippen LogP contribution in [0.25, 0.3) is 0 Å². The molecule has 78 valence electrons. The van der Waals surface area contributed by atoms with E-state index in [1.807, 2.05) is 0 Å². The molecule has 13 heavy (non-hydrogen) atoms. The summed E-state index contributed by atoms with van der Waals surface area (Å²) in [6.07, 6.45) is 14.2. The normalized spacial score (nSPS) is 21.6. The number of hydrogen-bond acceptors (Lipinski definition) is 1. The lowest BCUT2D eigenvalue weighted by Gasteiger charge is -2.26. The van der Waals surface area contributed by atoms with Crippen molar-refractivity contribution in [1.82, 2.24) is 0 Å². The highest BCUT2D eigenvalue weighted by Gasteiger charge is 2.19. The number of unbranched alkanes of at least 4 members (excludes halogenated alkanes) is 3. The SMILES string of the molecule is CCCCCCP1(=S)CCCCC1. The lowest BCUT2D eigenvalue weighted by molar-refractivity contribution is 0.697. The first kappa shape index (κ1) is 11.7. The van der Waals surface area contributed by atoms with Gasteiger partial charge in [0.1, 0.15) is 0 Å². The van der Waals surface area contributed by atoms with Crippen molar-refractivity contribution in [3.63, 3.8) is 0 Å². The minimum absolute atomic E-state index is 0.820. The molecular weight excluding hydrogens is 195 g/mol. The summed E-state index contributed by atoms with van der Waals surface area (Å²) in [5, 5.41) is 0. The molecule has 0 bridgehead atoms. The Morgan fingerprint density at radius 3 is 2.31 bits per heavy atom. The van der Waals surface area contributed by atoms with Crippen molar-refractivity contribution >= 4 is 17.8 Å². The van der Waals surface area contributed by atoms with E-state index >= 15 is 0 Å². The Morgan fingerprint density at radius 1 is 1.00 bits per heavy atom. The molecule has 1 fully saturated rings. The minimum Gasteiger partial charge on any atom is -0.0975 e. The summed E-state index contributed by atoms with van der Waals surface area (Å²) in [7, 11) is 0. The van der Waals surface area contributed by atoms with Gasteiger partial charge in [-0.15, -0.1) is 0 Å². The van der Waals surface area contributed by atoms with Gasteiger partial charge in [-0.05, 0) is 43.8 Å². The van der Waals surface area contributed by atoms with Gasteiger partial charge in [0.15, 0.2) is 0 Å². The maximum Gasteiger partial charge on any atom is -0.0235 e. The van der Waals surface area contributed by atoms with Crippen LogP contribution in [0.5, 0.6) is 0 Å². The van der Waals surface area contributed by atoms with Gasteiger partial charge in [0.05, 0.1) is 0 Å². The summed E-state index contributed by atoms with van der Waals surface area (Å²) in [4.78, 5) is 0. The largest absolute Gasteiger partial charge is 0.0975 e. The first-order chi connectivity index (χ1) is 6.27. The second-order valence-electron chi connectivity index (χ2n) is 4.35. The Balaban J connectivity index is 2.14. The predicted octanol–water partition coefficient (Wildman–Crippen LogP) is 4.23. The maximum absolute atomic E-state index is 5.81. The Morgan fingerprint density at radius 2 is 1.69 bits per heavy atom. The van der Waals surface area contributed by atoms with Gasteiger partial charge >= 0.3 is 0 Å². The van der Waals surface area contributed by atoms with E-state index in [4.69, 9.17) is 11.8 Å². The van der Waals surface area contributed by atoms with Crippen molar-refractivity contribution in [2.24, 2.45) is 0 Å². The Labute approximate surface area is 88.5 Å². The Hall–Kier alpha value is 0.650. The third-order valence-electron chi connectivity index (χ3n) is 3.05. The number of hydrogen-bond donors (Lipinski definition) is 0. The summed E-state index contributed by atoms with van der Waals surface area (Å²) in [5.41, 5.74) is 0. The summed E-state index contributed by atoms with van der Waals surface area (Å²) >= 11 is 5.81. The molecular formula is C11H23PS. The van der Waals surface area contributed by atoms with Crippen LogP contribution in [0.4, 0.5) is 0 Å². The Bertz CT molecular complexity index is 167. The second kappa shape index (κ2) is 6.19. The second-order valence-corrected chi connectivity index (χ2v) is 10.1. The van der Waals surface area contributed by atoms with Crippen molar-refractivity contribution in [3.8, 4) is 0 Å². The van der Waals surface area contributed by atoms with E-state index in [0.717, 1.165) is 0 Å². The Kier molecular flexibility index (Phi) is 5.58. The average molecular weight is 218 g/mol. The van der Waals surface area contributed by atoms with Gasteiger partial charge in [-0.2, -0.15) is 0 Å². The fourth-order valence-corrected chi connectivity index (χ4v) is 6.37. The van der Waals surface area contributed by atoms with Crippen molar-refractivity contribution in [2.45, 2.75) is 51.9 Å². The van der Waals surface area contributed by atoms with Gasteiger partial charge in [-0.1, -0.05) is 44.4 Å². The van der Waals surface area contributed by atoms with Gasteiger partial charge in [0.25, 0.3) is 0 Å². The van der Waals surface area contributed by atoms with E-state index in [1.165, 1.54) is 63.4 Å². The van der Waals surface area contributed by atoms with Crippen molar-refractivity contribution in [1.29, 1.82) is 0 Å². The van der Waals surface area contributed by atoms with E-state index in [9.17, 15) is 0 Å². The summed E-state index contributed by atoms with van der Waals surface area (Å²) in [6, 6.07) is -0.820. The molecule has 0 aliphatic carbocycles. The van der Waals surface area contributed by atoms with Gasteiger partial charge in [0, 0.05) is 0 Å². The smallest absolute Gasteiger partial charge is 0.0235 e. The third-order valence-corrected chi connectivity index (χ3v) is 8.09. The molecule has 0 aromatic carbocycles. The topological polar surface area (TPSA) is 0 Å². The number of rotatable bonds is 5. The van der Waals surface area contributed by atoms with Crippen LogP contribution in [0, 0.1) is 0 Å². The van der Waals surface area contributed by atoms with Gasteiger partial charge in [0.2, 0.25) is 0 Å². The highest BCUT2D eigenvalue weighted by Crippen LogP contribution is 2.51. The molecule has 0 N–H and O–H groups in total. The molecule has 1 saturated heterocycles. The van der Waals surface area contributed by atoms with Crippen LogP contribution in [0.1, 0.15) is 51.9 Å². The molecule has 1 aliphatic rings. The molecule has 1 aliphatic heterocycles. The van der Waals surface area contributed by atoms with Crippen LogP contribution in [0.3, 0.4) is 0 Å². The highest BCUT2D eigenvalue weighted by atomic mass is 32.4. The van der Waals surface area contributed by atoms with Crippen LogP contribution < -0.4 is 0 Å². The van der Waals surface area contributed by atoms with Gasteiger partial charge in [-0.3, -0.25) is 0 Å². The van der Waals surface area contributed by atoms with E-state index < -0.39 is 6.04 Å². The van der Waals surface area contributed by atoms with Crippen molar-refractivity contribution < 1.29 is 0 Å². The summed E-state index contributed by atoms with van der Waals surface area (Å²) in [6.45, 7) is 2.28. The quantitative estimate of drug-likeness (QED) is 0.491. The van der Waals surface area contributed by atoms with Crippen molar-refractivity contribution in [2.75, 3.05) is 18.5 Å². The van der Waals surface area contributed by atoms with Crippen LogP contribution in [-0.4, -0.2) is 18.5 Å². The first-order valence-corrected chi connectivity index (χ1v) is 9.20. The van der Waals surface area contributed by atoms with Crippen molar-refractivity contribution in [3.05, 3.63) is 0 Å². The molecule has 0 atom stereocenters. The van der Waals surface area contributed by atoms with Crippen LogP contribution in [-0.2, 0) is 11.8 Å². The molecule has 0 radical (unpaired) electrons. The molecule has 0 unspecified atom stereocenters. The molecule has 0 saturated carbocycles. The summed E-state index contributed by atoms with van der Waals surface area (Å²) in [5.74, 6) is 0. The minimum atomic E-state index is -0.820. The monoisotopic (exact) mass is 218 g/mol. The standard InChI is InChI=1S/C11H23PS/c1-2-3-4-6-9-12(13)10-7-5-8-11-12/h2-11H2,1H3. The van der Waals surface area contributed by atoms with Crippen LogP contribution in [0.15, 0.2) is 0 Å². The lowest BCUT2D eigenvalue weighted by atomic mass is 10.2.